The van der Waals surface area contributed by atoms with E-state index in [1.165, 1.54) is 17.5 Å². The van der Waals surface area contributed by atoms with Crippen LogP contribution >= 0.6 is 0 Å². The molecule has 1 aromatic rings. The number of alkyl halides is 3. The van der Waals surface area contributed by atoms with Gasteiger partial charge in [-0.3, -0.25) is 4.79 Å². The number of carboxylic acids is 1. The SMILES string of the molecule is N#CC(Cc1ccc2c(c1)CCC2)NC(=O)[C@@H]1CNCCCO1.O=C(O)C(F)(F)F. The first-order chi connectivity index (χ1) is 14.2. The van der Waals surface area contributed by atoms with E-state index in [0.717, 1.165) is 31.4 Å². The molecule has 7 nitrogen and oxygen atoms in total. The van der Waals surface area contributed by atoms with Crippen molar-refractivity contribution in [2.45, 2.75) is 50.4 Å². The molecular weight excluding hydrogens is 403 g/mol. The first kappa shape index (κ1) is 23.6. The third kappa shape index (κ3) is 7.31. The van der Waals surface area contributed by atoms with Crippen molar-refractivity contribution in [3.8, 4) is 6.07 Å². The third-order valence-corrected chi connectivity index (χ3v) is 4.76. The fourth-order valence-electron chi connectivity index (χ4n) is 3.26. The molecule has 1 fully saturated rings. The van der Waals surface area contributed by atoms with Crippen LogP contribution in [0.3, 0.4) is 0 Å². The molecule has 0 saturated carbocycles. The highest BCUT2D eigenvalue weighted by Crippen LogP contribution is 2.23. The molecule has 1 aromatic carbocycles. The molecule has 0 aromatic heterocycles. The summed E-state index contributed by atoms with van der Waals surface area (Å²) < 4.78 is 37.3. The van der Waals surface area contributed by atoms with Gasteiger partial charge in [0.2, 0.25) is 0 Å². The number of aliphatic carboxylic acids is 1. The summed E-state index contributed by atoms with van der Waals surface area (Å²) in [7, 11) is 0. The van der Waals surface area contributed by atoms with Gasteiger partial charge in [0.1, 0.15) is 12.1 Å². The summed E-state index contributed by atoms with van der Waals surface area (Å²) >= 11 is 0. The Labute approximate surface area is 172 Å². The van der Waals surface area contributed by atoms with Gasteiger partial charge in [0.25, 0.3) is 5.91 Å². The first-order valence-electron chi connectivity index (χ1n) is 9.64. The first-order valence-corrected chi connectivity index (χ1v) is 9.64. The van der Waals surface area contributed by atoms with Gasteiger partial charge < -0.3 is 20.5 Å². The summed E-state index contributed by atoms with van der Waals surface area (Å²) in [5, 5.41) is 22.5. The average Bonchev–Trinajstić information content (AvgIpc) is 2.98. The minimum Gasteiger partial charge on any atom is -0.475 e. The van der Waals surface area contributed by atoms with Crippen LogP contribution in [0.4, 0.5) is 13.2 Å². The number of benzene rings is 1. The van der Waals surface area contributed by atoms with Crippen molar-refractivity contribution in [1.29, 1.82) is 5.26 Å². The van der Waals surface area contributed by atoms with Crippen LogP contribution in [0, 0.1) is 11.3 Å². The van der Waals surface area contributed by atoms with Crippen molar-refractivity contribution < 1.29 is 32.6 Å². The number of hydrogen-bond acceptors (Lipinski definition) is 5. The van der Waals surface area contributed by atoms with Crippen LogP contribution in [0.15, 0.2) is 18.2 Å². The number of amides is 1. The quantitative estimate of drug-likeness (QED) is 0.675. The van der Waals surface area contributed by atoms with E-state index in [1.807, 2.05) is 0 Å². The minimum atomic E-state index is -5.08. The molecule has 1 aliphatic carbocycles. The van der Waals surface area contributed by atoms with Crippen molar-refractivity contribution in [1.82, 2.24) is 10.6 Å². The molecule has 0 radical (unpaired) electrons. The number of nitrogens with one attached hydrogen (secondary N) is 2. The van der Waals surface area contributed by atoms with Crippen LogP contribution in [-0.4, -0.2) is 55.0 Å². The Hall–Kier alpha value is -2.64. The Bertz CT molecular complexity index is 784. The second kappa shape index (κ2) is 10.9. The molecule has 0 bridgehead atoms. The maximum absolute atomic E-state index is 12.3. The van der Waals surface area contributed by atoms with Gasteiger partial charge in [-0.2, -0.15) is 18.4 Å². The Balaban J connectivity index is 0.000000396. The molecule has 1 amide bonds. The van der Waals surface area contributed by atoms with Gasteiger partial charge >= 0.3 is 12.1 Å². The summed E-state index contributed by atoms with van der Waals surface area (Å²) in [6.45, 7) is 1.94. The maximum Gasteiger partial charge on any atom is 0.490 e. The fourth-order valence-corrected chi connectivity index (χ4v) is 3.26. The van der Waals surface area contributed by atoms with E-state index in [0.29, 0.717) is 19.6 Å². The van der Waals surface area contributed by atoms with E-state index in [1.54, 1.807) is 0 Å². The highest BCUT2D eigenvalue weighted by atomic mass is 19.4. The van der Waals surface area contributed by atoms with E-state index in [4.69, 9.17) is 14.6 Å². The lowest BCUT2D eigenvalue weighted by Gasteiger charge is -2.18. The summed E-state index contributed by atoms with van der Waals surface area (Å²) in [6.07, 6.45) is -0.665. The summed E-state index contributed by atoms with van der Waals surface area (Å²) in [5.41, 5.74) is 3.92. The molecule has 2 aliphatic rings. The van der Waals surface area contributed by atoms with E-state index < -0.39 is 24.3 Å². The van der Waals surface area contributed by atoms with Gasteiger partial charge in [-0.05, 0) is 48.9 Å². The Morgan fingerprint density at radius 3 is 2.67 bits per heavy atom. The van der Waals surface area contributed by atoms with Gasteiger partial charge in [0.15, 0.2) is 0 Å². The number of carboxylic acid groups (broad SMARTS) is 1. The molecule has 3 N–H and O–H groups in total. The molecular formula is C20H24F3N3O4. The summed E-state index contributed by atoms with van der Waals surface area (Å²) in [6, 6.07) is 8.09. The number of aryl methyl sites for hydroxylation is 2. The van der Waals surface area contributed by atoms with Crippen LogP contribution in [0.2, 0.25) is 0 Å². The zero-order chi connectivity index (χ0) is 22.1. The normalized spacial score (nSPS) is 19.3. The molecule has 0 spiro atoms. The molecule has 3 rings (SSSR count). The highest BCUT2D eigenvalue weighted by molar-refractivity contribution is 5.81. The number of halogens is 3. The summed E-state index contributed by atoms with van der Waals surface area (Å²) in [4.78, 5) is 21.2. The van der Waals surface area contributed by atoms with E-state index in [9.17, 15) is 23.2 Å². The van der Waals surface area contributed by atoms with E-state index >= 15 is 0 Å². The van der Waals surface area contributed by atoms with Crippen LogP contribution in [0.25, 0.3) is 0 Å². The maximum atomic E-state index is 12.3. The Kier molecular flexibility index (Phi) is 8.62. The standard InChI is InChI=1S/C18H23N3O2.C2HF3O2/c19-11-16(21-18(22)17-12-20-7-2-8-23-17)10-13-5-6-14-3-1-4-15(14)9-13;3-2(4,5)1(6)7/h5-6,9,16-17,20H,1-4,7-8,10,12H2,(H,21,22);(H,6,7)/t16?,17-;/m0./s1. The zero-order valence-corrected chi connectivity index (χ0v) is 16.3. The number of nitrogens with zero attached hydrogens (tertiary/aromatic N) is 1. The lowest BCUT2D eigenvalue weighted by molar-refractivity contribution is -0.192. The number of ether oxygens (including phenoxy) is 1. The molecule has 30 heavy (non-hydrogen) atoms. The van der Waals surface area contributed by atoms with Gasteiger partial charge in [-0.1, -0.05) is 18.2 Å². The lowest BCUT2D eigenvalue weighted by Crippen LogP contribution is -2.46. The topological polar surface area (TPSA) is 111 Å². The predicted molar refractivity (Wildman–Crippen MR) is 101 cm³/mol. The largest absolute Gasteiger partial charge is 0.490 e. The van der Waals surface area contributed by atoms with Crippen LogP contribution in [0.1, 0.15) is 29.5 Å². The number of carbonyl (C=O) groups is 2. The average molecular weight is 427 g/mol. The highest BCUT2D eigenvalue weighted by Gasteiger charge is 2.38. The fraction of sp³-hybridized carbons (Fsp3) is 0.550. The van der Waals surface area contributed by atoms with Crippen molar-refractivity contribution >= 4 is 11.9 Å². The van der Waals surface area contributed by atoms with Crippen molar-refractivity contribution in [3.05, 3.63) is 34.9 Å². The van der Waals surface area contributed by atoms with E-state index in [-0.39, 0.29) is 5.91 Å². The second-order valence-corrected chi connectivity index (χ2v) is 7.07. The monoisotopic (exact) mass is 427 g/mol. The number of hydrogen-bond donors (Lipinski definition) is 3. The minimum absolute atomic E-state index is 0.202. The van der Waals surface area contributed by atoms with Crippen molar-refractivity contribution in [2.75, 3.05) is 19.7 Å². The predicted octanol–water partition coefficient (Wildman–Crippen LogP) is 1.74. The molecule has 10 heteroatoms. The van der Waals surface area contributed by atoms with Gasteiger partial charge in [-0.25, -0.2) is 4.79 Å². The number of rotatable bonds is 4. The smallest absolute Gasteiger partial charge is 0.475 e. The third-order valence-electron chi connectivity index (χ3n) is 4.76. The molecule has 1 aliphatic heterocycles. The zero-order valence-electron chi connectivity index (χ0n) is 16.3. The van der Waals surface area contributed by atoms with Gasteiger partial charge in [0, 0.05) is 19.6 Å². The van der Waals surface area contributed by atoms with Crippen LogP contribution < -0.4 is 10.6 Å². The van der Waals surface area contributed by atoms with E-state index in [2.05, 4.69) is 34.9 Å². The lowest BCUT2D eigenvalue weighted by atomic mass is 10.0. The summed E-state index contributed by atoms with van der Waals surface area (Å²) in [5.74, 6) is -2.96. The van der Waals surface area contributed by atoms with Crippen LogP contribution in [-0.2, 0) is 33.6 Å². The van der Waals surface area contributed by atoms with Crippen molar-refractivity contribution in [3.63, 3.8) is 0 Å². The number of fused-ring (bicyclic) bond motifs is 1. The number of carbonyl (C=O) groups excluding carboxylic acids is 1. The Morgan fingerprint density at radius 1 is 1.30 bits per heavy atom. The van der Waals surface area contributed by atoms with Gasteiger partial charge in [0.05, 0.1) is 6.07 Å². The molecule has 2 atom stereocenters. The second-order valence-electron chi connectivity index (χ2n) is 7.07. The number of nitriles is 1. The molecule has 1 heterocycles. The van der Waals surface area contributed by atoms with Crippen molar-refractivity contribution in [2.24, 2.45) is 0 Å². The molecule has 1 saturated heterocycles. The Morgan fingerprint density at radius 2 is 2.00 bits per heavy atom. The van der Waals surface area contributed by atoms with Gasteiger partial charge in [-0.15, -0.1) is 0 Å². The van der Waals surface area contributed by atoms with Crippen LogP contribution in [0.5, 0.6) is 0 Å². The molecule has 164 valence electrons. The molecule has 1 unspecified atom stereocenters.